The molecule has 0 heterocycles. The van der Waals surface area contributed by atoms with Crippen molar-refractivity contribution in [3.05, 3.63) is 0 Å². The van der Waals surface area contributed by atoms with Crippen LogP contribution in [0.3, 0.4) is 0 Å². The molecular weight excluding hydrogens is 220 g/mol. The van der Waals surface area contributed by atoms with Crippen LogP contribution in [0.5, 0.6) is 0 Å². The SMILES string of the molecule is CC(C)C(=O)OC12CC3CC(O)(C1)CC3(O)C2. The van der Waals surface area contributed by atoms with Crippen LogP contribution < -0.4 is 0 Å². The molecule has 17 heavy (non-hydrogen) atoms. The topological polar surface area (TPSA) is 66.8 Å². The summed E-state index contributed by atoms with van der Waals surface area (Å²) in [5.74, 6) is -0.286. The summed E-state index contributed by atoms with van der Waals surface area (Å²) in [4.78, 5) is 11.7. The molecule has 4 aliphatic rings. The number of ether oxygens (including phenoxy) is 1. The second kappa shape index (κ2) is 3.04. The molecule has 4 saturated carbocycles. The zero-order valence-corrected chi connectivity index (χ0v) is 10.4. The van der Waals surface area contributed by atoms with Crippen LogP contribution in [0, 0.1) is 11.8 Å². The first-order chi connectivity index (χ1) is 7.76. The minimum absolute atomic E-state index is 0.0983. The number of hydrogen-bond donors (Lipinski definition) is 2. The van der Waals surface area contributed by atoms with Gasteiger partial charge in [0.05, 0.1) is 17.1 Å². The van der Waals surface area contributed by atoms with E-state index in [1.165, 1.54) is 0 Å². The molecule has 0 aromatic carbocycles. The van der Waals surface area contributed by atoms with Crippen LogP contribution in [0.25, 0.3) is 0 Å². The molecule has 0 aliphatic heterocycles. The predicted molar refractivity (Wildman–Crippen MR) is 60.1 cm³/mol. The summed E-state index contributed by atoms with van der Waals surface area (Å²) in [7, 11) is 0. The van der Waals surface area contributed by atoms with Crippen molar-refractivity contribution in [3.8, 4) is 0 Å². The zero-order valence-electron chi connectivity index (χ0n) is 10.4. The highest BCUT2D eigenvalue weighted by atomic mass is 16.6. The van der Waals surface area contributed by atoms with Gasteiger partial charge in [0.25, 0.3) is 0 Å². The monoisotopic (exact) mass is 240 g/mol. The second-order valence-corrected chi connectivity index (χ2v) is 6.72. The van der Waals surface area contributed by atoms with Crippen molar-refractivity contribution in [2.45, 2.75) is 62.8 Å². The minimum Gasteiger partial charge on any atom is -0.459 e. The Bertz CT molecular complexity index is 376. The lowest BCUT2D eigenvalue weighted by molar-refractivity contribution is -0.182. The third kappa shape index (κ3) is 1.54. The molecule has 0 aromatic rings. The van der Waals surface area contributed by atoms with Crippen LogP contribution in [0.2, 0.25) is 0 Å². The molecule has 4 atom stereocenters. The Balaban J connectivity index is 1.85. The van der Waals surface area contributed by atoms with E-state index in [-0.39, 0.29) is 17.8 Å². The Kier molecular flexibility index (Phi) is 2.05. The van der Waals surface area contributed by atoms with Gasteiger partial charge in [0.15, 0.2) is 0 Å². The molecule has 96 valence electrons. The predicted octanol–water partition coefficient (Wildman–Crippen LogP) is 0.994. The Morgan fingerprint density at radius 2 is 1.94 bits per heavy atom. The van der Waals surface area contributed by atoms with Crippen molar-refractivity contribution in [1.82, 2.24) is 0 Å². The molecule has 4 unspecified atom stereocenters. The van der Waals surface area contributed by atoms with Gasteiger partial charge in [-0.25, -0.2) is 0 Å². The van der Waals surface area contributed by atoms with E-state index in [0.29, 0.717) is 32.1 Å². The van der Waals surface area contributed by atoms with Gasteiger partial charge in [0, 0.05) is 19.3 Å². The van der Waals surface area contributed by atoms with Gasteiger partial charge in [-0.05, 0) is 18.8 Å². The third-order valence-electron chi connectivity index (χ3n) is 4.71. The first kappa shape index (κ1) is 11.5. The smallest absolute Gasteiger partial charge is 0.308 e. The van der Waals surface area contributed by atoms with E-state index < -0.39 is 16.8 Å². The Morgan fingerprint density at radius 1 is 1.24 bits per heavy atom. The van der Waals surface area contributed by atoms with Gasteiger partial charge in [0.2, 0.25) is 0 Å². The van der Waals surface area contributed by atoms with Crippen LogP contribution in [0.4, 0.5) is 0 Å². The van der Waals surface area contributed by atoms with Crippen LogP contribution >= 0.6 is 0 Å². The standard InChI is InChI=1S/C13H20O4/c1-8(2)10(14)17-12-4-9-3-11(15,5-12)6-13(9,16)7-12/h8-9,15-16H,3-7H2,1-2H3. The summed E-state index contributed by atoms with van der Waals surface area (Å²) in [6.07, 6.45) is 2.82. The molecule has 4 aliphatic carbocycles. The van der Waals surface area contributed by atoms with E-state index >= 15 is 0 Å². The fourth-order valence-electron chi connectivity index (χ4n) is 4.30. The average Bonchev–Trinajstić information content (AvgIpc) is 2.42. The van der Waals surface area contributed by atoms with Crippen LogP contribution in [-0.2, 0) is 9.53 Å². The molecule has 4 fully saturated rings. The molecule has 4 nitrogen and oxygen atoms in total. The largest absolute Gasteiger partial charge is 0.459 e. The highest BCUT2D eigenvalue weighted by Gasteiger charge is 2.70. The summed E-state index contributed by atoms with van der Waals surface area (Å²) in [5, 5.41) is 20.8. The molecule has 0 aromatic heterocycles. The van der Waals surface area contributed by atoms with Crippen molar-refractivity contribution in [3.63, 3.8) is 0 Å². The summed E-state index contributed by atoms with van der Waals surface area (Å²) in [6.45, 7) is 3.61. The number of aliphatic hydroxyl groups is 2. The maximum atomic E-state index is 11.7. The molecular formula is C13H20O4. The minimum atomic E-state index is -0.812. The second-order valence-electron chi connectivity index (χ2n) is 6.72. The van der Waals surface area contributed by atoms with Crippen molar-refractivity contribution in [2.24, 2.45) is 11.8 Å². The van der Waals surface area contributed by atoms with Crippen LogP contribution in [0.1, 0.15) is 46.0 Å². The number of hydrogen-bond acceptors (Lipinski definition) is 4. The lowest BCUT2D eigenvalue weighted by Gasteiger charge is -2.43. The molecule has 4 rings (SSSR count). The van der Waals surface area contributed by atoms with Gasteiger partial charge in [-0.2, -0.15) is 0 Å². The zero-order chi connectivity index (χ0) is 12.5. The number of carbonyl (C=O) groups excluding carboxylic acids is 1. The lowest BCUT2D eigenvalue weighted by Crippen LogP contribution is -2.50. The van der Waals surface area contributed by atoms with Gasteiger partial charge in [0.1, 0.15) is 5.60 Å². The van der Waals surface area contributed by atoms with E-state index in [0.717, 1.165) is 0 Å². The molecule has 2 N–H and O–H groups in total. The molecule has 0 saturated heterocycles. The van der Waals surface area contributed by atoms with E-state index in [1.807, 2.05) is 0 Å². The van der Waals surface area contributed by atoms with Crippen molar-refractivity contribution >= 4 is 5.97 Å². The normalized spacial score (nSPS) is 51.2. The molecule has 4 bridgehead atoms. The number of rotatable bonds is 2. The summed E-state index contributed by atoms with van der Waals surface area (Å²) in [5.41, 5.74) is -2.22. The Morgan fingerprint density at radius 3 is 2.47 bits per heavy atom. The van der Waals surface area contributed by atoms with Gasteiger partial charge < -0.3 is 14.9 Å². The molecule has 0 radical (unpaired) electrons. The first-order valence-corrected chi connectivity index (χ1v) is 6.44. The summed E-state index contributed by atoms with van der Waals surface area (Å²) >= 11 is 0. The van der Waals surface area contributed by atoms with Crippen molar-refractivity contribution in [1.29, 1.82) is 0 Å². The van der Waals surface area contributed by atoms with E-state index in [2.05, 4.69) is 0 Å². The highest BCUT2D eigenvalue weighted by molar-refractivity contribution is 5.72. The third-order valence-corrected chi connectivity index (χ3v) is 4.71. The summed E-state index contributed by atoms with van der Waals surface area (Å²) < 4.78 is 5.60. The van der Waals surface area contributed by atoms with Crippen molar-refractivity contribution < 1.29 is 19.7 Å². The average molecular weight is 240 g/mol. The maximum absolute atomic E-state index is 11.7. The van der Waals surface area contributed by atoms with E-state index in [4.69, 9.17) is 4.74 Å². The first-order valence-electron chi connectivity index (χ1n) is 6.44. The van der Waals surface area contributed by atoms with E-state index in [9.17, 15) is 15.0 Å². The van der Waals surface area contributed by atoms with Gasteiger partial charge in [-0.15, -0.1) is 0 Å². The molecule has 0 spiro atoms. The fraction of sp³-hybridized carbons (Fsp3) is 0.923. The summed E-state index contributed by atoms with van der Waals surface area (Å²) in [6, 6.07) is 0. The molecule has 4 heteroatoms. The Hall–Kier alpha value is -0.610. The maximum Gasteiger partial charge on any atom is 0.308 e. The van der Waals surface area contributed by atoms with E-state index in [1.54, 1.807) is 13.8 Å². The number of esters is 1. The van der Waals surface area contributed by atoms with Crippen molar-refractivity contribution in [2.75, 3.05) is 0 Å². The van der Waals surface area contributed by atoms with Gasteiger partial charge in [-0.3, -0.25) is 4.79 Å². The number of carbonyl (C=O) groups is 1. The highest BCUT2D eigenvalue weighted by Crippen LogP contribution is 2.65. The quantitative estimate of drug-likeness (QED) is 0.706. The van der Waals surface area contributed by atoms with Gasteiger partial charge >= 0.3 is 5.97 Å². The fourth-order valence-corrected chi connectivity index (χ4v) is 4.30. The van der Waals surface area contributed by atoms with Crippen LogP contribution in [0.15, 0.2) is 0 Å². The van der Waals surface area contributed by atoms with Gasteiger partial charge in [-0.1, -0.05) is 13.8 Å². The lowest BCUT2D eigenvalue weighted by atomic mass is 9.74. The van der Waals surface area contributed by atoms with Crippen LogP contribution in [-0.4, -0.2) is 33.0 Å². The molecule has 0 amide bonds. The Labute approximate surface area is 101 Å².